The molecule has 2 heterocycles. The third kappa shape index (κ3) is 2.94. The summed E-state index contributed by atoms with van der Waals surface area (Å²) in [6.45, 7) is 1.94. The first kappa shape index (κ1) is 11.9. The Hall–Kier alpha value is -1.62. The van der Waals surface area contributed by atoms with Crippen LogP contribution in [0.1, 0.15) is 18.4 Å². The van der Waals surface area contributed by atoms with Crippen molar-refractivity contribution in [2.75, 3.05) is 13.1 Å². The van der Waals surface area contributed by atoms with Gasteiger partial charge in [-0.2, -0.15) is 0 Å². The molecular weight excluding hydrogens is 216 g/mol. The second kappa shape index (κ2) is 5.63. The maximum Gasteiger partial charge on any atom is 0.156 e. The number of hydrogen-bond donors (Lipinski definition) is 2. The SMILES string of the molecule is NC(=NO)C1CCCN1CCc1cccnc1. The summed E-state index contributed by atoms with van der Waals surface area (Å²) in [5.41, 5.74) is 6.90. The van der Waals surface area contributed by atoms with E-state index in [0.717, 1.165) is 32.4 Å². The van der Waals surface area contributed by atoms with Gasteiger partial charge < -0.3 is 10.9 Å². The molecule has 0 aromatic carbocycles. The van der Waals surface area contributed by atoms with Crippen LogP contribution in [0.25, 0.3) is 0 Å². The molecule has 0 radical (unpaired) electrons. The van der Waals surface area contributed by atoms with Gasteiger partial charge in [-0.05, 0) is 37.4 Å². The summed E-state index contributed by atoms with van der Waals surface area (Å²) in [5, 5.41) is 11.8. The minimum atomic E-state index is 0.0941. The van der Waals surface area contributed by atoms with E-state index in [0.29, 0.717) is 5.84 Å². The van der Waals surface area contributed by atoms with Gasteiger partial charge >= 0.3 is 0 Å². The fourth-order valence-corrected chi connectivity index (χ4v) is 2.31. The summed E-state index contributed by atoms with van der Waals surface area (Å²) < 4.78 is 0. The zero-order valence-electron chi connectivity index (χ0n) is 9.79. The standard InChI is InChI=1S/C12H18N4O/c13-12(15-17)11-4-2-7-16(11)8-5-10-3-1-6-14-9-10/h1,3,6,9,11,17H,2,4-5,7-8H2,(H2,13,15). The van der Waals surface area contributed by atoms with Crippen molar-refractivity contribution in [1.82, 2.24) is 9.88 Å². The summed E-state index contributed by atoms with van der Waals surface area (Å²) >= 11 is 0. The Morgan fingerprint density at radius 3 is 3.24 bits per heavy atom. The highest BCUT2D eigenvalue weighted by atomic mass is 16.4. The number of rotatable bonds is 4. The highest BCUT2D eigenvalue weighted by Crippen LogP contribution is 2.17. The van der Waals surface area contributed by atoms with E-state index in [1.54, 1.807) is 6.20 Å². The lowest BCUT2D eigenvalue weighted by atomic mass is 10.1. The predicted octanol–water partition coefficient (Wildman–Crippen LogP) is 0.835. The third-order valence-corrected chi connectivity index (χ3v) is 3.23. The van der Waals surface area contributed by atoms with Gasteiger partial charge in [0.25, 0.3) is 0 Å². The minimum Gasteiger partial charge on any atom is -0.409 e. The second-order valence-electron chi connectivity index (χ2n) is 4.33. The molecule has 0 amide bonds. The largest absolute Gasteiger partial charge is 0.409 e. The number of likely N-dealkylation sites (tertiary alicyclic amines) is 1. The van der Waals surface area contributed by atoms with Gasteiger partial charge in [0, 0.05) is 18.9 Å². The van der Waals surface area contributed by atoms with Crippen molar-refractivity contribution in [1.29, 1.82) is 0 Å². The summed E-state index contributed by atoms with van der Waals surface area (Å²) in [5.74, 6) is 0.327. The molecule has 0 aliphatic carbocycles. The van der Waals surface area contributed by atoms with Crippen molar-refractivity contribution in [3.63, 3.8) is 0 Å². The zero-order chi connectivity index (χ0) is 12.1. The van der Waals surface area contributed by atoms with E-state index in [1.807, 2.05) is 12.3 Å². The number of nitrogens with two attached hydrogens (primary N) is 1. The van der Waals surface area contributed by atoms with Gasteiger partial charge in [0.1, 0.15) is 0 Å². The summed E-state index contributed by atoms with van der Waals surface area (Å²) in [6, 6.07) is 4.11. The first-order valence-electron chi connectivity index (χ1n) is 5.91. The molecule has 0 bridgehead atoms. The molecule has 1 atom stereocenters. The number of hydrogen-bond acceptors (Lipinski definition) is 4. The zero-order valence-corrected chi connectivity index (χ0v) is 9.79. The molecule has 1 aromatic rings. The van der Waals surface area contributed by atoms with Crippen LogP contribution in [-0.2, 0) is 6.42 Å². The molecule has 1 aromatic heterocycles. The summed E-state index contributed by atoms with van der Waals surface area (Å²) in [7, 11) is 0. The second-order valence-corrected chi connectivity index (χ2v) is 4.33. The molecule has 1 fully saturated rings. The average molecular weight is 234 g/mol. The van der Waals surface area contributed by atoms with Gasteiger partial charge in [-0.3, -0.25) is 9.88 Å². The lowest BCUT2D eigenvalue weighted by molar-refractivity contribution is 0.282. The molecule has 1 aliphatic rings. The lowest BCUT2D eigenvalue weighted by Crippen LogP contribution is -2.41. The molecular formula is C12H18N4O. The van der Waals surface area contributed by atoms with Crippen LogP contribution in [0, 0.1) is 0 Å². The first-order chi connectivity index (χ1) is 8.31. The predicted molar refractivity (Wildman–Crippen MR) is 65.9 cm³/mol. The molecule has 5 nitrogen and oxygen atoms in total. The Bertz CT molecular complexity index is 379. The van der Waals surface area contributed by atoms with E-state index >= 15 is 0 Å². The van der Waals surface area contributed by atoms with Crippen molar-refractivity contribution in [3.05, 3.63) is 30.1 Å². The van der Waals surface area contributed by atoms with Crippen LogP contribution < -0.4 is 5.73 Å². The van der Waals surface area contributed by atoms with Crippen LogP contribution in [0.15, 0.2) is 29.7 Å². The third-order valence-electron chi connectivity index (χ3n) is 3.23. The number of aromatic nitrogens is 1. The van der Waals surface area contributed by atoms with Crippen molar-refractivity contribution in [3.8, 4) is 0 Å². The van der Waals surface area contributed by atoms with Gasteiger partial charge in [0.15, 0.2) is 5.84 Å². The van der Waals surface area contributed by atoms with Gasteiger partial charge in [-0.1, -0.05) is 11.2 Å². The Balaban J connectivity index is 1.90. The highest BCUT2D eigenvalue weighted by molar-refractivity contribution is 5.85. The smallest absolute Gasteiger partial charge is 0.156 e. The number of nitrogens with zero attached hydrogens (tertiary/aromatic N) is 3. The van der Waals surface area contributed by atoms with Gasteiger partial charge in [-0.15, -0.1) is 0 Å². The maximum absolute atomic E-state index is 8.72. The van der Waals surface area contributed by atoms with Gasteiger partial charge in [0.05, 0.1) is 6.04 Å². The van der Waals surface area contributed by atoms with E-state index in [1.165, 1.54) is 5.56 Å². The monoisotopic (exact) mass is 234 g/mol. The fraction of sp³-hybridized carbons (Fsp3) is 0.500. The van der Waals surface area contributed by atoms with Gasteiger partial charge in [-0.25, -0.2) is 0 Å². The van der Waals surface area contributed by atoms with E-state index in [2.05, 4.69) is 21.1 Å². The van der Waals surface area contributed by atoms with Crippen LogP contribution in [0.4, 0.5) is 0 Å². The van der Waals surface area contributed by atoms with Crippen LogP contribution >= 0.6 is 0 Å². The van der Waals surface area contributed by atoms with Crippen molar-refractivity contribution >= 4 is 5.84 Å². The van der Waals surface area contributed by atoms with E-state index in [-0.39, 0.29) is 6.04 Å². The van der Waals surface area contributed by atoms with Crippen molar-refractivity contribution in [2.45, 2.75) is 25.3 Å². The van der Waals surface area contributed by atoms with E-state index in [4.69, 9.17) is 10.9 Å². The molecule has 0 spiro atoms. The molecule has 1 unspecified atom stereocenters. The maximum atomic E-state index is 8.72. The highest BCUT2D eigenvalue weighted by Gasteiger charge is 2.27. The average Bonchev–Trinajstić information content (AvgIpc) is 2.85. The van der Waals surface area contributed by atoms with Gasteiger partial charge in [0.2, 0.25) is 0 Å². The van der Waals surface area contributed by atoms with E-state index in [9.17, 15) is 0 Å². The summed E-state index contributed by atoms with van der Waals surface area (Å²) in [4.78, 5) is 6.36. The Morgan fingerprint density at radius 2 is 2.53 bits per heavy atom. The van der Waals surface area contributed by atoms with Crippen LogP contribution in [0.5, 0.6) is 0 Å². The van der Waals surface area contributed by atoms with Crippen LogP contribution in [0.3, 0.4) is 0 Å². The molecule has 2 rings (SSSR count). The van der Waals surface area contributed by atoms with Crippen LogP contribution in [0.2, 0.25) is 0 Å². The summed E-state index contributed by atoms with van der Waals surface area (Å²) in [6.07, 6.45) is 6.69. The van der Waals surface area contributed by atoms with Crippen molar-refractivity contribution < 1.29 is 5.21 Å². The first-order valence-corrected chi connectivity index (χ1v) is 5.91. The van der Waals surface area contributed by atoms with Crippen LogP contribution in [-0.4, -0.2) is 40.1 Å². The molecule has 0 saturated carbocycles. The number of amidine groups is 1. The number of pyridine rings is 1. The Kier molecular flexibility index (Phi) is 3.93. The molecule has 3 N–H and O–H groups in total. The fourth-order valence-electron chi connectivity index (χ4n) is 2.31. The lowest BCUT2D eigenvalue weighted by Gasteiger charge is -2.22. The van der Waals surface area contributed by atoms with E-state index < -0.39 is 0 Å². The minimum absolute atomic E-state index is 0.0941. The topological polar surface area (TPSA) is 74.7 Å². The molecule has 5 heteroatoms. The Labute approximate surface area is 101 Å². The molecule has 1 aliphatic heterocycles. The molecule has 92 valence electrons. The quantitative estimate of drug-likeness (QED) is 0.350. The normalized spacial score (nSPS) is 21.9. The molecule has 17 heavy (non-hydrogen) atoms. The number of oxime groups is 1. The van der Waals surface area contributed by atoms with Crippen molar-refractivity contribution in [2.24, 2.45) is 10.9 Å². The Morgan fingerprint density at radius 1 is 1.65 bits per heavy atom. The molecule has 1 saturated heterocycles.